The first-order valence-corrected chi connectivity index (χ1v) is 11.4. The molecule has 164 valence electrons. The van der Waals surface area contributed by atoms with E-state index in [0.29, 0.717) is 43.2 Å². The molecule has 1 atom stereocenters. The van der Waals surface area contributed by atoms with Gasteiger partial charge in [0.2, 0.25) is 0 Å². The van der Waals surface area contributed by atoms with Gasteiger partial charge >= 0.3 is 0 Å². The lowest BCUT2D eigenvalue weighted by Crippen LogP contribution is -2.05. The van der Waals surface area contributed by atoms with E-state index in [2.05, 4.69) is 0 Å². The van der Waals surface area contributed by atoms with E-state index < -0.39 is 10.8 Å². The molecule has 0 N–H and O–H groups in total. The van der Waals surface area contributed by atoms with Crippen LogP contribution in [0.5, 0.6) is 17.2 Å². The first-order chi connectivity index (χ1) is 15.4. The number of rotatable bonds is 7. The van der Waals surface area contributed by atoms with Gasteiger partial charge in [0, 0.05) is 17.2 Å². The van der Waals surface area contributed by atoms with E-state index >= 15 is 0 Å². The highest BCUT2D eigenvalue weighted by Crippen LogP contribution is 2.47. The highest BCUT2D eigenvalue weighted by atomic mass is 32.2. The maximum Gasteiger partial charge on any atom is 0.199 e. The van der Waals surface area contributed by atoms with Crippen LogP contribution in [0, 0.1) is 0 Å². The zero-order chi connectivity index (χ0) is 22.8. The quantitative estimate of drug-likeness (QED) is 0.246. The highest BCUT2D eigenvalue weighted by molar-refractivity contribution is 7.35. The smallest absolute Gasteiger partial charge is 0.199 e. The topological polar surface area (TPSA) is 67.8 Å². The summed E-state index contributed by atoms with van der Waals surface area (Å²) in [6, 6.07) is 19.6. The van der Waals surface area contributed by atoms with Crippen LogP contribution in [-0.4, -0.2) is 30.7 Å². The Morgan fingerprint density at radius 3 is 2.03 bits per heavy atom. The monoisotopic (exact) mass is 448 g/mol. The average Bonchev–Trinajstić information content (AvgIpc) is 3.10. The lowest BCUT2D eigenvalue weighted by molar-refractivity contribution is 0.104. The fourth-order valence-electron chi connectivity index (χ4n) is 3.64. The molecule has 3 aromatic carbocycles. The van der Waals surface area contributed by atoms with E-state index in [0.717, 1.165) is 5.75 Å². The molecule has 1 heterocycles. The van der Waals surface area contributed by atoms with Gasteiger partial charge in [0.05, 0.1) is 31.3 Å². The van der Waals surface area contributed by atoms with Crippen LogP contribution < -0.4 is 14.2 Å². The van der Waals surface area contributed by atoms with Crippen molar-refractivity contribution in [1.82, 2.24) is 0 Å². The molecule has 4 rings (SSSR count). The second-order valence-electron chi connectivity index (χ2n) is 7.58. The molecule has 1 aromatic heterocycles. The van der Waals surface area contributed by atoms with Crippen molar-refractivity contribution < 1.29 is 23.6 Å². The van der Waals surface area contributed by atoms with E-state index in [-0.39, 0.29) is 11.9 Å². The molecule has 5 nitrogen and oxygen atoms in total. The van der Waals surface area contributed by atoms with Crippen molar-refractivity contribution in [1.29, 1.82) is 0 Å². The highest BCUT2D eigenvalue weighted by Gasteiger charge is 2.30. The summed E-state index contributed by atoms with van der Waals surface area (Å²) in [5.41, 5.74) is 1.65. The zero-order valence-corrected chi connectivity index (χ0v) is 19.2. The Kier molecular flexibility index (Phi) is 6.17. The van der Waals surface area contributed by atoms with E-state index in [4.69, 9.17) is 14.2 Å². The van der Waals surface area contributed by atoms with Gasteiger partial charge in [-0.2, -0.15) is 0 Å². The minimum absolute atomic E-state index is 0.0459. The predicted octanol–water partition coefficient (Wildman–Crippen LogP) is 6.27. The summed E-state index contributed by atoms with van der Waals surface area (Å²) in [5, 5.41) is 0.655. The molecule has 0 saturated carbocycles. The molecule has 0 aliphatic carbocycles. The van der Waals surface area contributed by atoms with Crippen LogP contribution in [0.4, 0.5) is 0 Å². The molecule has 4 aromatic rings. The number of benzene rings is 3. The molecule has 0 aliphatic rings. The van der Waals surface area contributed by atoms with Crippen molar-refractivity contribution in [3.05, 3.63) is 77.9 Å². The molecular weight excluding hydrogens is 424 g/mol. The van der Waals surface area contributed by atoms with Crippen molar-refractivity contribution in [2.45, 2.75) is 20.0 Å². The number of thiophene rings is 1. The molecule has 32 heavy (non-hydrogen) atoms. The van der Waals surface area contributed by atoms with Crippen molar-refractivity contribution in [2.75, 3.05) is 14.2 Å². The van der Waals surface area contributed by atoms with Crippen molar-refractivity contribution in [2.24, 2.45) is 0 Å². The second-order valence-corrected chi connectivity index (χ2v) is 8.97. The summed E-state index contributed by atoms with van der Waals surface area (Å²) in [4.78, 5) is 14.1. The number of ketones is 1. The number of hydrogen-bond donors (Lipinski definition) is 0. The van der Waals surface area contributed by atoms with Gasteiger partial charge in [-0.1, -0.05) is 0 Å². The van der Waals surface area contributed by atoms with E-state index in [1.54, 1.807) is 56.7 Å². The van der Waals surface area contributed by atoms with Gasteiger partial charge in [0.15, 0.2) is 15.4 Å². The molecule has 0 fully saturated rings. The lowest BCUT2D eigenvalue weighted by atomic mass is 9.97. The fraction of sp³-hybridized carbons (Fsp3) is 0.192. The number of ether oxygens (including phenoxy) is 3. The SMILES string of the molecule is COc1ccc(C(=O)c2c(-c3ccc(OC(C)C)cc3)[s+]([O-])c3cc(OC)ccc23)cc1. The van der Waals surface area contributed by atoms with Crippen LogP contribution in [0.2, 0.25) is 0 Å². The molecule has 6 heteroatoms. The zero-order valence-electron chi connectivity index (χ0n) is 18.4. The Balaban J connectivity index is 1.90. The summed E-state index contributed by atoms with van der Waals surface area (Å²) in [5.74, 6) is 1.78. The normalized spacial score (nSPS) is 11.6. The Labute approximate surface area is 190 Å². The molecule has 0 radical (unpaired) electrons. The third kappa shape index (κ3) is 4.07. The van der Waals surface area contributed by atoms with Crippen LogP contribution in [-0.2, 0) is 0 Å². The van der Waals surface area contributed by atoms with Crippen molar-refractivity contribution >= 4 is 26.6 Å². The Hall–Kier alpha value is -3.35. The van der Waals surface area contributed by atoms with Gasteiger partial charge in [0.1, 0.15) is 17.2 Å². The van der Waals surface area contributed by atoms with Crippen LogP contribution >= 0.6 is 10.8 Å². The Morgan fingerprint density at radius 1 is 0.844 bits per heavy atom. The van der Waals surface area contributed by atoms with Gasteiger partial charge in [-0.25, -0.2) is 0 Å². The van der Waals surface area contributed by atoms with Crippen LogP contribution in [0.1, 0.15) is 29.8 Å². The van der Waals surface area contributed by atoms with E-state index in [1.807, 2.05) is 38.1 Å². The average molecular weight is 449 g/mol. The summed E-state index contributed by atoms with van der Waals surface area (Å²) >= 11 is 0. The van der Waals surface area contributed by atoms with E-state index in [1.165, 1.54) is 0 Å². The third-order valence-corrected chi connectivity index (χ3v) is 6.69. The number of carbonyl (C=O) groups is 1. The molecular formula is C26H24O5S. The van der Waals surface area contributed by atoms with Gasteiger partial charge in [-0.05, 0) is 85.3 Å². The van der Waals surface area contributed by atoms with Crippen LogP contribution in [0.25, 0.3) is 20.5 Å². The Morgan fingerprint density at radius 2 is 1.44 bits per heavy atom. The Bertz CT molecular complexity index is 1250. The van der Waals surface area contributed by atoms with Crippen LogP contribution in [0.3, 0.4) is 0 Å². The van der Waals surface area contributed by atoms with Crippen molar-refractivity contribution in [3.8, 4) is 27.7 Å². The molecule has 0 aliphatic heterocycles. The maximum absolute atomic E-state index is 13.6. The third-order valence-electron chi connectivity index (χ3n) is 5.14. The first kappa shape index (κ1) is 21.9. The number of fused-ring (bicyclic) bond motifs is 1. The number of methoxy groups -OCH3 is 2. The minimum Gasteiger partial charge on any atom is -0.590 e. The molecule has 0 amide bonds. The van der Waals surface area contributed by atoms with E-state index in [9.17, 15) is 9.35 Å². The summed E-state index contributed by atoms with van der Waals surface area (Å²) in [6.07, 6.45) is 0.0459. The maximum atomic E-state index is 13.6. The van der Waals surface area contributed by atoms with Crippen LogP contribution in [0.15, 0.2) is 66.7 Å². The predicted molar refractivity (Wildman–Crippen MR) is 127 cm³/mol. The number of hydrogen-bond acceptors (Lipinski definition) is 5. The summed E-state index contributed by atoms with van der Waals surface area (Å²) in [7, 11) is 1.60. The standard InChI is InChI=1S/C26H24O5S/c1-16(2)31-20-11-7-18(8-12-20)26-24(25(27)17-5-9-19(29-3)10-6-17)22-14-13-21(30-4)15-23(22)32(26)28/h5-16H,1-4H3. The summed E-state index contributed by atoms with van der Waals surface area (Å²) < 4.78 is 30.4. The molecule has 1 unspecified atom stereocenters. The van der Waals surface area contributed by atoms with Gasteiger partial charge < -0.3 is 18.8 Å². The molecule has 0 spiro atoms. The fourth-order valence-corrected chi connectivity index (χ4v) is 5.19. The van der Waals surface area contributed by atoms with Gasteiger partial charge in [0.25, 0.3) is 0 Å². The molecule has 0 bridgehead atoms. The first-order valence-electron chi connectivity index (χ1n) is 10.2. The minimum atomic E-state index is -1.53. The van der Waals surface area contributed by atoms with Gasteiger partial charge in [-0.3, -0.25) is 4.79 Å². The number of carbonyl (C=O) groups excluding carboxylic acids is 1. The lowest BCUT2D eigenvalue weighted by Gasteiger charge is -2.10. The second kappa shape index (κ2) is 9.02. The largest absolute Gasteiger partial charge is 0.590 e. The van der Waals surface area contributed by atoms with Crippen molar-refractivity contribution in [3.63, 3.8) is 0 Å². The summed E-state index contributed by atoms with van der Waals surface area (Å²) in [6.45, 7) is 3.91. The molecule has 0 saturated heterocycles. The van der Waals surface area contributed by atoms with Gasteiger partial charge in [-0.15, -0.1) is 0 Å².